The Morgan fingerprint density at radius 2 is 2.21 bits per heavy atom. The van der Waals surface area contributed by atoms with Crippen LogP contribution in [0, 0.1) is 11.8 Å². The maximum absolute atomic E-state index is 4.29. The lowest BCUT2D eigenvalue weighted by atomic mass is 9.79. The number of hydrogen-bond donors (Lipinski definition) is 1. The molecular formula is C15H19N3S. The molecule has 1 atom stereocenters. The second-order valence-electron chi connectivity index (χ2n) is 5.83. The van der Waals surface area contributed by atoms with Gasteiger partial charge in [-0.05, 0) is 55.4 Å². The van der Waals surface area contributed by atoms with Crippen LogP contribution in [0.4, 0.5) is 5.69 Å². The Kier molecular flexibility index (Phi) is 2.93. The van der Waals surface area contributed by atoms with Crippen molar-refractivity contribution in [2.45, 2.75) is 12.8 Å². The molecule has 3 nitrogen and oxygen atoms in total. The van der Waals surface area contributed by atoms with E-state index in [1.54, 1.807) is 11.5 Å². The van der Waals surface area contributed by atoms with Crippen molar-refractivity contribution in [3.63, 3.8) is 0 Å². The van der Waals surface area contributed by atoms with Gasteiger partial charge in [-0.1, -0.05) is 12.1 Å². The number of piperidine rings is 3. The van der Waals surface area contributed by atoms with E-state index in [-0.39, 0.29) is 0 Å². The Balaban J connectivity index is 1.49. The number of fused-ring (bicyclic) bond motifs is 4. The highest BCUT2D eigenvalue weighted by Gasteiger charge is 2.33. The predicted octanol–water partition coefficient (Wildman–Crippen LogP) is 3.05. The molecular weight excluding hydrogens is 254 g/mol. The Bertz CT molecular complexity index is 572. The molecule has 4 heteroatoms. The van der Waals surface area contributed by atoms with Crippen molar-refractivity contribution in [3.05, 3.63) is 24.4 Å². The lowest BCUT2D eigenvalue weighted by molar-refractivity contribution is 0.0574. The third-order valence-electron chi connectivity index (χ3n) is 4.73. The molecule has 1 aromatic carbocycles. The topological polar surface area (TPSA) is 28.2 Å². The molecule has 5 rings (SSSR count). The minimum atomic E-state index is 0.825. The largest absolute Gasteiger partial charge is 0.384 e. The summed E-state index contributed by atoms with van der Waals surface area (Å²) < 4.78 is 5.58. The van der Waals surface area contributed by atoms with Crippen LogP contribution >= 0.6 is 11.5 Å². The van der Waals surface area contributed by atoms with E-state index in [9.17, 15) is 0 Å². The van der Waals surface area contributed by atoms with Gasteiger partial charge >= 0.3 is 0 Å². The molecule has 3 aliphatic heterocycles. The molecule has 1 aromatic heterocycles. The molecule has 0 saturated carbocycles. The van der Waals surface area contributed by atoms with Crippen molar-refractivity contribution in [1.29, 1.82) is 0 Å². The molecule has 0 spiro atoms. The average molecular weight is 273 g/mol. The molecule has 4 heterocycles. The maximum Gasteiger partial charge on any atom is 0.0781 e. The number of nitrogens with one attached hydrogen (secondary N) is 1. The van der Waals surface area contributed by atoms with Crippen LogP contribution in [-0.2, 0) is 0 Å². The van der Waals surface area contributed by atoms with Crippen LogP contribution < -0.4 is 5.32 Å². The first-order valence-corrected chi connectivity index (χ1v) is 7.97. The summed E-state index contributed by atoms with van der Waals surface area (Å²) in [5, 5.41) is 4.93. The Labute approximate surface area is 117 Å². The number of hydrogen-bond acceptors (Lipinski definition) is 4. The quantitative estimate of drug-likeness (QED) is 0.931. The van der Waals surface area contributed by atoms with E-state index in [4.69, 9.17) is 0 Å². The fourth-order valence-electron chi connectivity index (χ4n) is 3.59. The first kappa shape index (κ1) is 11.7. The monoisotopic (exact) mass is 273 g/mol. The number of rotatable bonds is 3. The summed E-state index contributed by atoms with van der Waals surface area (Å²) in [5.41, 5.74) is 1.26. The minimum Gasteiger partial charge on any atom is -0.384 e. The van der Waals surface area contributed by atoms with E-state index in [0.29, 0.717) is 0 Å². The molecule has 2 aromatic rings. The van der Waals surface area contributed by atoms with Crippen LogP contribution in [-0.4, -0.2) is 35.5 Å². The van der Waals surface area contributed by atoms with Crippen LogP contribution in [0.15, 0.2) is 24.4 Å². The third-order valence-corrected chi connectivity index (χ3v) is 5.58. The zero-order valence-corrected chi connectivity index (χ0v) is 11.8. The van der Waals surface area contributed by atoms with Crippen molar-refractivity contribution < 1.29 is 0 Å². The van der Waals surface area contributed by atoms with Crippen LogP contribution in [0.5, 0.6) is 0 Å². The molecule has 19 heavy (non-hydrogen) atoms. The molecule has 1 N–H and O–H groups in total. The van der Waals surface area contributed by atoms with Crippen molar-refractivity contribution >= 4 is 27.3 Å². The molecule has 0 aliphatic carbocycles. The number of anilines is 1. The average Bonchev–Trinajstić information content (AvgIpc) is 2.95. The summed E-state index contributed by atoms with van der Waals surface area (Å²) in [6, 6.07) is 6.44. The van der Waals surface area contributed by atoms with Gasteiger partial charge in [0.2, 0.25) is 0 Å². The van der Waals surface area contributed by atoms with Crippen LogP contribution in [0.25, 0.3) is 10.1 Å². The number of nitrogens with zero attached hydrogens (tertiary/aromatic N) is 2. The molecule has 1 unspecified atom stereocenters. The summed E-state index contributed by atoms with van der Waals surface area (Å²) >= 11 is 1.59. The zero-order valence-electron chi connectivity index (χ0n) is 11.0. The third kappa shape index (κ3) is 2.13. The fraction of sp³-hybridized carbons (Fsp3) is 0.533. The highest BCUT2D eigenvalue weighted by atomic mass is 32.1. The standard InChI is InChI=1S/C15H19N3S/c1-2-12-9-17-19-15(12)14(3-1)16-8-13-10-18-6-4-11(13)5-7-18/h1-3,9,11,13,16H,4-8,10H2. The normalized spacial score (nSPS) is 29.8. The summed E-state index contributed by atoms with van der Waals surface area (Å²) in [5.74, 6) is 1.77. The lowest BCUT2D eigenvalue weighted by Gasteiger charge is -2.45. The predicted molar refractivity (Wildman–Crippen MR) is 80.8 cm³/mol. The molecule has 3 aliphatic rings. The van der Waals surface area contributed by atoms with Gasteiger partial charge in [0.25, 0.3) is 0 Å². The Morgan fingerprint density at radius 1 is 1.32 bits per heavy atom. The number of benzene rings is 1. The van der Waals surface area contributed by atoms with E-state index in [0.717, 1.165) is 18.4 Å². The van der Waals surface area contributed by atoms with Gasteiger partial charge in [0.05, 0.1) is 10.4 Å². The Hall–Kier alpha value is -1.13. The second kappa shape index (κ2) is 4.76. The van der Waals surface area contributed by atoms with E-state index >= 15 is 0 Å². The molecule has 0 amide bonds. The van der Waals surface area contributed by atoms with Gasteiger partial charge in [0.1, 0.15) is 0 Å². The minimum absolute atomic E-state index is 0.825. The fourth-order valence-corrected chi connectivity index (χ4v) is 4.33. The van der Waals surface area contributed by atoms with E-state index in [1.807, 2.05) is 6.20 Å². The van der Waals surface area contributed by atoms with Crippen molar-refractivity contribution in [2.75, 3.05) is 31.5 Å². The number of aromatic nitrogens is 1. The van der Waals surface area contributed by atoms with E-state index in [2.05, 4.69) is 32.8 Å². The van der Waals surface area contributed by atoms with Gasteiger partial charge in [-0.15, -0.1) is 0 Å². The second-order valence-corrected chi connectivity index (χ2v) is 6.63. The molecule has 3 saturated heterocycles. The molecule has 3 fully saturated rings. The van der Waals surface area contributed by atoms with Crippen molar-refractivity contribution in [3.8, 4) is 0 Å². The van der Waals surface area contributed by atoms with Gasteiger partial charge in [-0.3, -0.25) is 0 Å². The van der Waals surface area contributed by atoms with Gasteiger partial charge in [0, 0.05) is 24.7 Å². The smallest absolute Gasteiger partial charge is 0.0781 e. The Morgan fingerprint density at radius 3 is 3.00 bits per heavy atom. The lowest BCUT2D eigenvalue weighted by Crippen LogP contribution is -2.49. The first-order chi connectivity index (χ1) is 9.40. The van der Waals surface area contributed by atoms with Gasteiger partial charge in [-0.2, -0.15) is 4.37 Å². The van der Waals surface area contributed by atoms with E-state index in [1.165, 1.54) is 48.2 Å². The van der Waals surface area contributed by atoms with Gasteiger partial charge in [0.15, 0.2) is 0 Å². The highest BCUT2D eigenvalue weighted by molar-refractivity contribution is 7.14. The summed E-state index contributed by atoms with van der Waals surface area (Å²) in [6.07, 6.45) is 4.76. The summed E-state index contributed by atoms with van der Waals surface area (Å²) in [7, 11) is 0. The summed E-state index contributed by atoms with van der Waals surface area (Å²) in [4.78, 5) is 2.62. The van der Waals surface area contributed by atoms with Gasteiger partial charge in [-0.25, -0.2) is 0 Å². The van der Waals surface area contributed by atoms with Crippen LogP contribution in [0.3, 0.4) is 0 Å². The maximum atomic E-state index is 4.29. The SMILES string of the molecule is c1cc(NCC2CN3CCC2CC3)c2sncc2c1. The van der Waals surface area contributed by atoms with Crippen LogP contribution in [0.2, 0.25) is 0 Å². The highest BCUT2D eigenvalue weighted by Crippen LogP contribution is 2.33. The van der Waals surface area contributed by atoms with Crippen molar-refractivity contribution in [1.82, 2.24) is 9.27 Å². The molecule has 2 bridgehead atoms. The van der Waals surface area contributed by atoms with Crippen LogP contribution in [0.1, 0.15) is 12.8 Å². The van der Waals surface area contributed by atoms with Crippen molar-refractivity contribution in [2.24, 2.45) is 11.8 Å². The first-order valence-electron chi connectivity index (χ1n) is 7.20. The summed E-state index contributed by atoms with van der Waals surface area (Å²) in [6.45, 7) is 5.05. The van der Waals surface area contributed by atoms with Gasteiger partial charge < -0.3 is 10.2 Å². The molecule has 100 valence electrons. The zero-order chi connectivity index (χ0) is 12.7. The molecule has 0 radical (unpaired) electrons. The van der Waals surface area contributed by atoms with E-state index < -0.39 is 0 Å².